The average molecular weight is 292 g/mol. The molecule has 0 atom stereocenters. The summed E-state index contributed by atoms with van der Waals surface area (Å²) in [6, 6.07) is 3.44. The van der Waals surface area contributed by atoms with E-state index in [2.05, 4.69) is 10.3 Å². The fourth-order valence-electron chi connectivity index (χ4n) is 2.54. The highest BCUT2D eigenvalue weighted by Gasteiger charge is 2.27. The Morgan fingerprint density at radius 3 is 2.43 bits per heavy atom. The van der Waals surface area contributed by atoms with Gasteiger partial charge >= 0.3 is 5.97 Å². The zero-order chi connectivity index (χ0) is 15.2. The number of rotatable bonds is 4. The third-order valence-corrected chi connectivity index (χ3v) is 3.80. The van der Waals surface area contributed by atoms with Crippen LogP contribution in [0.5, 0.6) is 5.88 Å². The van der Waals surface area contributed by atoms with E-state index < -0.39 is 0 Å². The van der Waals surface area contributed by atoms with Crippen molar-refractivity contribution in [3.63, 3.8) is 0 Å². The van der Waals surface area contributed by atoms with Crippen molar-refractivity contribution >= 4 is 11.9 Å². The molecule has 21 heavy (non-hydrogen) atoms. The molecule has 0 aliphatic heterocycles. The predicted octanol–water partition coefficient (Wildman–Crippen LogP) is 1.55. The Morgan fingerprint density at radius 2 is 1.90 bits per heavy atom. The Labute approximate surface area is 123 Å². The molecule has 1 aromatic heterocycles. The van der Waals surface area contributed by atoms with Crippen LogP contribution in [0.25, 0.3) is 0 Å². The second-order valence-electron chi connectivity index (χ2n) is 5.13. The van der Waals surface area contributed by atoms with Gasteiger partial charge in [0.25, 0.3) is 5.91 Å². The summed E-state index contributed by atoms with van der Waals surface area (Å²) >= 11 is 0. The van der Waals surface area contributed by atoms with Crippen LogP contribution in [0.3, 0.4) is 0 Å². The Balaban J connectivity index is 1.85. The van der Waals surface area contributed by atoms with Crippen LogP contribution in [-0.4, -0.2) is 37.1 Å². The van der Waals surface area contributed by atoms with Crippen LogP contribution in [0, 0.1) is 5.92 Å². The van der Waals surface area contributed by atoms with Gasteiger partial charge in [0, 0.05) is 18.3 Å². The van der Waals surface area contributed by atoms with E-state index in [4.69, 9.17) is 9.47 Å². The standard InChI is InChI=1S/C15H20N2O4/c1-20-13-8-5-11(9-16-13)14(18)17-12-6-3-10(4-7-12)15(19)21-2/h5,8-10,12H,3-4,6-7H2,1-2H3,(H,17,18). The second-order valence-corrected chi connectivity index (χ2v) is 5.13. The van der Waals surface area contributed by atoms with Crippen molar-refractivity contribution in [2.75, 3.05) is 14.2 Å². The number of hydrogen-bond acceptors (Lipinski definition) is 5. The Kier molecular flexibility index (Phi) is 5.14. The van der Waals surface area contributed by atoms with Gasteiger partial charge in [-0.25, -0.2) is 4.98 Å². The van der Waals surface area contributed by atoms with Crippen LogP contribution < -0.4 is 10.1 Å². The first-order chi connectivity index (χ1) is 10.1. The lowest BCUT2D eigenvalue weighted by atomic mass is 9.86. The van der Waals surface area contributed by atoms with Crippen molar-refractivity contribution < 1.29 is 19.1 Å². The summed E-state index contributed by atoms with van der Waals surface area (Å²) in [7, 11) is 2.94. The molecule has 0 unspecified atom stereocenters. The largest absolute Gasteiger partial charge is 0.481 e. The highest BCUT2D eigenvalue weighted by Crippen LogP contribution is 2.25. The number of carbonyl (C=O) groups excluding carboxylic acids is 2. The molecule has 0 spiro atoms. The number of ether oxygens (including phenoxy) is 2. The average Bonchev–Trinajstić information content (AvgIpc) is 2.55. The first kappa shape index (κ1) is 15.3. The smallest absolute Gasteiger partial charge is 0.308 e. The maximum Gasteiger partial charge on any atom is 0.308 e. The number of carbonyl (C=O) groups is 2. The molecular weight excluding hydrogens is 272 g/mol. The Bertz CT molecular complexity index is 493. The number of nitrogens with zero attached hydrogens (tertiary/aromatic N) is 1. The summed E-state index contributed by atoms with van der Waals surface area (Å²) in [5.41, 5.74) is 0.505. The van der Waals surface area contributed by atoms with Crippen LogP contribution in [0.15, 0.2) is 18.3 Å². The van der Waals surface area contributed by atoms with Crippen LogP contribution in [-0.2, 0) is 9.53 Å². The summed E-state index contributed by atoms with van der Waals surface area (Å²) < 4.78 is 9.71. The van der Waals surface area contributed by atoms with E-state index in [0.29, 0.717) is 11.4 Å². The van der Waals surface area contributed by atoms with Gasteiger partial charge in [0.15, 0.2) is 0 Å². The van der Waals surface area contributed by atoms with Crippen molar-refractivity contribution in [2.45, 2.75) is 31.7 Å². The number of esters is 1. The summed E-state index contributed by atoms with van der Waals surface area (Å²) in [5.74, 6) is 0.141. The molecule has 1 aliphatic carbocycles. The van der Waals surface area contributed by atoms with Gasteiger partial charge in [-0.2, -0.15) is 0 Å². The molecule has 0 saturated heterocycles. The number of methoxy groups -OCH3 is 2. The second kappa shape index (κ2) is 7.06. The number of amides is 1. The van der Waals surface area contributed by atoms with E-state index in [1.165, 1.54) is 20.4 Å². The topological polar surface area (TPSA) is 77.5 Å². The molecule has 1 amide bonds. The van der Waals surface area contributed by atoms with Crippen molar-refractivity contribution in [3.8, 4) is 5.88 Å². The van der Waals surface area contributed by atoms with Crippen molar-refractivity contribution in [1.82, 2.24) is 10.3 Å². The van der Waals surface area contributed by atoms with Gasteiger partial charge in [0.1, 0.15) is 0 Å². The quantitative estimate of drug-likeness (QED) is 0.852. The molecule has 1 saturated carbocycles. The van der Waals surface area contributed by atoms with Gasteiger partial charge in [-0.05, 0) is 31.7 Å². The molecule has 6 heteroatoms. The monoisotopic (exact) mass is 292 g/mol. The molecule has 1 aliphatic rings. The van der Waals surface area contributed by atoms with Crippen molar-refractivity contribution in [3.05, 3.63) is 23.9 Å². The van der Waals surface area contributed by atoms with Gasteiger partial charge in [-0.15, -0.1) is 0 Å². The molecule has 1 aromatic rings. The maximum absolute atomic E-state index is 12.1. The minimum atomic E-state index is -0.154. The first-order valence-corrected chi connectivity index (χ1v) is 7.02. The molecule has 0 bridgehead atoms. The normalized spacial score (nSPS) is 21.4. The highest BCUT2D eigenvalue weighted by atomic mass is 16.5. The fraction of sp³-hybridized carbons (Fsp3) is 0.533. The molecular formula is C15H20N2O4. The lowest BCUT2D eigenvalue weighted by molar-refractivity contribution is -0.146. The summed E-state index contributed by atoms with van der Waals surface area (Å²) in [4.78, 5) is 27.6. The van der Waals surface area contributed by atoms with Crippen molar-refractivity contribution in [1.29, 1.82) is 0 Å². The molecule has 2 rings (SSSR count). The molecule has 1 N–H and O–H groups in total. The van der Waals surface area contributed by atoms with E-state index in [-0.39, 0.29) is 23.8 Å². The summed E-state index contributed by atoms with van der Waals surface area (Å²) in [5, 5.41) is 2.98. The van der Waals surface area contributed by atoms with Crippen molar-refractivity contribution in [2.24, 2.45) is 5.92 Å². The first-order valence-electron chi connectivity index (χ1n) is 7.02. The summed E-state index contributed by atoms with van der Waals surface area (Å²) in [6.07, 6.45) is 4.56. The highest BCUT2D eigenvalue weighted by molar-refractivity contribution is 5.94. The lowest BCUT2D eigenvalue weighted by Crippen LogP contribution is -2.38. The minimum absolute atomic E-state index is 0.0363. The van der Waals surface area contributed by atoms with E-state index in [1.54, 1.807) is 12.1 Å². The third-order valence-electron chi connectivity index (χ3n) is 3.80. The molecule has 0 radical (unpaired) electrons. The number of nitrogens with one attached hydrogen (secondary N) is 1. The van der Waals surface area contributed by atoms with Gasteiger partial charge < -0.3 is 14.8 Å². The number of pyridine rings is 1. The number of aromatic nitrogens is 1. The van der Waals surface area contributed by atoms with E-state index in [0.717, 1.165) is 25.7 Å². The SMILES string of the molecule is COC(=O)C1CCC(NC(=O)c2ccc(OC)nc2)CC1. The lowest BCUT2D eigenvalue weighted by Gasteiger charge is -2.27. The van der Waals surface area contributed by atoms with Gasteiger partial charge in [-0.3, -0.25) is 9.59 Å². The van der Waals surface area contributed by atoms with Gasteiger partial charge in [0.2, 0.25) is 5.88 Å². The maximum atomic E-state index is 12.1. The van der Waals surface area contributed by atoms with Crippen LogP contribution >= 0.6 is 0 Å². The molecule has 1 fully saturated rings. The predicted molar refractivity (Wildman–Crippen MR) is 76.0 cm³/mol. The zero-order valence-corrected chi connectivity index (χ0v) is 12.3. The van der Waals surface area contributed by atoms with Gasteiger partial charge in [-0.1, -0.05) is 0 Å². The molecule has 1 heterocycles. The Hall–Kier alpha value is -2.11. The minimum Gasteiger partial charge on any atom is -0.481 e. The zero-order valence-electron chi connectivity index (χ0n) is 12.3. The van der Waals surface area contributed by atoms with Gasteiger partial charge in [0.05, 0.1) is 25.7 Å². The fourth-order valence-corrected chi connectivity index (χ4v) is 2.54. The molecule has 114 valence electrons. The van der Waals surface area contributed by atoms with Crippen LogP contribution in [0.4, 0.5) is 0 Å². The molecule has 0 aromatic carbocycles. The summed E-state index contributed by atoms with van der Waals surface area (Å²) in [6.45, 7) is 0. The van der Waals surface area contributed by atoms with E-state index >= 15 is 0 Å². The van der Waals surface area contributed by atoms with Crippen LogP contribution in [0.1, 0.15) is 36.0 Å². The van der Waals surface area contributed by atoms with E-state index in [9.17, 15) is 9.59 Å². The third kappa shape index (κ3) is 3.93. The van der Waals surface area contributed by atoms with Crippen LogP contribution in [0.2, 0.25) is 0 Å². The Morgan fingerprint density at radius 1 is 1.19 bits per heavy atom. The molecule has 6 nitrogen and oxygen atoms in total. The van der Waals surface area contributed by atoms with E-state index in [1.807, 2.05) is 0 Å². The number of hydrogen-bond donors (Lipinski definition) is 1.